The van der Waals surface area contributed by atoms with Gasteiger partial charge in [-0.1, -0.05) is 56.0 Å². The molecule has 238 valence electrons. The van der Waals surface area contributed by atoms with E-state index in [1.807, 2.05) is 0 Å². The summed E-state index contributed by atoms with van der Waals surface area (Å²) in [7, 11) is 0. The summed E-state index contributed by atoms with van der Waals surface area (Å²) in [4.78, 5) is 64.4. The lowest BCUT2D eigenvalue weighted by molar-refractivity contribution is -0.133. The molecule has 11 nitrogen and oxygen atoms in total. The maximum absolute atomic E-state index is 13.8. The molecule has 0 bridgehead atoms. The van der Waals surface area contributed by atoms with Crippen LogP contribution in [-0.2, 0) is 39.9 Å². The van der Waals surface area contributed by atoms with Crippen molar-refractivity contribution in [3.8, 4) is 0 Å². The van der Waals surface area contributed by atoms with E-state index in [1.54, 1.807) is 12.1 Å². The molecule has 43 heavy (non-hydrogen) atoms. The van der Waals surface area contributed by atoms with Crippen LogP contribution in [0.15, 0.2) is 24.3 Å². The minimum atomic E-state index is -0.991. The third-order valence-electron chi connectivity index (χ3n) is 7.39. The average Bonchev–Trinajstić information content (AvgIpc) is 2.98. The summed E-state index contributed by atoms with van der Waals surface area (Å²) in [6.07, 6.45) is 6.08. The van der Waals surface area contributed by atoms with Crippen molar-refractivity contribution in [3.05, 3.63) is 35.6 Å². The number of rotatable bonds is 6. The van der Waals surface area contributed by atoms with Gasteiger partial charge in [-0.2, -0.15) is 0 Å². The van der Waals surface area contributed by atoms with Crippen LogP contribution in [0.2, 0.25) is 0 Å². The normalized spacial score (nSPS) is 24.5. The third-order valence-corrected chi connectivity index (χ3v) is 8.46. The molecule has 1 heterocycles. The highest BCUT2D eigenvalue weighted by Gasteiger charge is 2.31. The second kappa shape index (κ2) is 18.6. The van der Waals surface area contributed by atoms with E-state index in [9.17, 15) is 28.4 Å². The minimum absolute atomic E-state index is 0.0620. The van der Waals surface area contributed by atoms with Crippen molar-refractivity contribution < 1.29 is 37.8 Å². The average molecular weight is 623 g/mol. The Hall–Kier alpha value is -3.03. The number of carbonyl (C=O) groups is 5. The van der Waals surface area contributed by atoms with Crippen LogP contribution in [0.4, 0.5) is 4.39 Å². The first-order valence-corrected chi connectivity index (χ1v) is 15.9. The zero-order valence-electron chi connectivity index (χ0n) is 24.7. The molecule has 3 rings (SSSR count). The molecule has 0 unspecified atom stereocenters. The number of amides is 4. The Kier molecular flexibility index (Phi) is 14.9. The van der Waals surface area contributed by atoms with Crippen molar-refractivity contribution in [1.29, 1.82) is 0 Å². The van der Waals surface area contributed by atoms with Gasteiger partial charge >= 0.3 is 0 Å². The summed E-state index contributed by atoms with van der Waals surface area (Å²) in [6.45, 7) is 1.71. The maximum atomic E-state index is 13.8. The van der Waals surface area contributed by atoms with E-state index in [0.29, 0.717) is 18.4 Å². The Morgan fingerprint density at radius 1 is 1.00 bits per heavy atom. The standard InChI is InChI=1S/C30H43FN4O7S/c1-20(36)33-26-19-43-30(40)24(11-10-22-8-5-9-23(31)16-22)35-29(39)25(17-21-6-3-2-4-7-21)34-27(37)18-42-15-14-41-13-12-32-28(26)38/h5,8-9,16,21,24-26H,2-4,6-7,10-15,17-19H2,1H3,(H,32,38)(H,33,36)(H,34,37)(H,35,39)/t24-,25-,26-/m0/s1. The quantitative estimate of drug-likeness (QED) is 0.374. The summed E-state index contributed by atoms with van der Waals surface area (Å²) in [5.74, 6) is -2.06. The molecule has 1 saturated carbocycles. The lowest BCUT2D eigenvalue weighted by atomic mass is 9.84. The van der Waals surface area contributed by atoms with Crippen LogP contribution in [0.25, 0.3) is 0 Å². The Morgan fingerprint density at radius 3 is 2.51 bits per heavy atom. The van der Waals surface area contributed by atoms with Gasteiger partial charge in [0.2, 0.25) is 28.7 Å². The zero-order valence-corrected chi connectivity index (χ0v) is 25.5. The molecule has 0 radical (unpaired) electrons. The lowest BCUT2D eigenvalue weighted by Gasteiger charge is -2.28. The van der Waals surface area contributed by atoms with Gasteiger partial charge in [0.1, 0.15) is 24.5 Å². The summed E-state index contributed by atoms with van der Waals surface area (Å²) < 4.78 is 24.7. The smallest absolute Gasteiger partial charge is 0.246 e. The fraction of sp³-hybridized carbons (Fsp3) is 0.633. The predicted octanol–water partition coefficient (Wildman–Crippen LogP) is 1.63. The number of hydrogen-bond donors (Lipinski definition) is 4. The number of thioether (sulfide) groups is 1. The molecule has 1 aromatic rings. The summed E-state index contributed by atoms with van der Waals surface area (Å²) in [5.41, 5.74) is 0.657. The van der Waals surface area contributed by atoms with Crippen LogP contribution < -0.4 is 21.3 Å². The minimum Gasteiger partial charge on any atom is -0.377 e. The van der Waals surface area contributed by atoms with Gasteiger partial charge in [0, 0.05) is 19.2 Å². The van der Waals surface area contributed by atoms with E-state index < -0.39 is 52.7 Å². The highest BCUT2D eigenvalue weighted by atomic mass is 32.2. The van der Waals surface area contributed by atoms with Crippen molar-refractivity contribution in [2.24, 2.45) is 5.92 Å². The van der Waals surface area contributed by atoms with Gasteiger partial charge in [0.25, 0.3) is 0 Å². The molecule has 3 atom stereocenters. The largest absolute Gasteiger partial charge is 0.377 e. The molecular weight excluding hydrogens is 579 g/mol. The monoisotopic (exact) mass is 622 g/mol. The molecule has 0 aromatic heterocycles. The SMILES string of the molecule is CC(=O)N[C@H]1CSC(=O)[C@H](CCc2cccc(F)c2)NC(=O)[C@H](CC2CCCCC2)NC(=O)COCCOCCNC1=O. The van der Waals surface area contributed by atoms with Crippen LogP contribution >= 0.6 is 11.8 Å². The first-order valence-electron chi connectivity index (χ1n) is 14.9. The number of nitrogens with one attached hydrogen (secondary N) is 4. The van der Waals surface area contributed by atoms with E-state index in [1.165, 1.54) is 19.1 Å². The predicted molar refractivity (Wildman–Crippen MR) is 159 cm³/mol. The molecule has 2 aliphatic rings. The third kappa shape index (κ3) is 13.0. The van der Waals surface area contributed by atoms with Gasteiger partial charge in [-0.05, 0) is 42.9 Å². The summed E-state index contributed by atoms with van der Waals surface area (Å²) in [6, 6.07) is 3.16. The number of halogens is 1. The fourth-order valence-electron chi connectivity index (χ4n) is 5.20. The van der Waals surface area contributed by atoms with Gasteiger partial charge in [-0.3, -0.25) is 24.0 Å². The van der Waals surface area contributed by atoms with E-state index in [-0.39, 0.29) is 51.1 Å². The maximum Gasteiger partial charge on any atom is 0.246 e. The highest BCUT2D eigenvalue weighted by Crippen LogP contribution is 2.27. The number of benzene rings is 1. The van der Waals surface area contributed by atoms with Crippen LogP contribution in [0.1, 0.15) is 57.4 Å². The molecule has 1 saturated heterocycles. The number of hydrogen-bond acceptors (Lipinski definition) is 8. The Morgan fingerprint density at radius 2 is 1.77 bits per heavy atom. The molecule has 2 fully saturated rings. The van der Waals surface area contributed by atoms with Crippen LogP contribution in [0.5, 0.6) is 0 Å². The van der Waals surface area contributed by atoms with Crippen molar-refractivity contribution in [2.75, 3.05) is 38.7 Å². The van der Waals surface area contributed by atoms with Crippen molar-refractivity contribution in [3.63, 3.8) is 0 Å². The van der Waals surface area contributed by atoms with E-state index >= 15 is 0 Å². The zero-order chi connectivity index (χ0) is 31.0. The molecule has 1 aromatic carbocycles. The lowest BCUT2D eigenvalue weighted by Crippen LogP contribution is -2.53. The first kappa shape index (κ1) is 34.5. The van der Waals surface area contributed by atoms with Crippen molar-refractivity contribution in [1.82, 2.24) is 21.3 Å². The summed E-state index contributed by atoms with van der Waals surface area (Å²) in [5, 5.41) is 10.4. The fourth-order valence-corrected chi connectivity index (χ4v) is 6.14. The molecular formula is C30H43FN4O7S. The molecule has 4 N–H and O–H groups in total. The van der Waals surface area contributed by atoms with Gasteiger partial charge in [-0.15, -0.1) is 0 Å². The number of ether oxygens (including phenoxy) is 2. The number of aryl methyl sites for hydroxylation is 1. The van der Waals surface area contributed by atoms with E-state index in [2.05, 4.69) is 21.3 Å². The van der Waals surface area contributed by atoms with Gasteiger partial charge in [0.15, 0.2) is 0 Å². The molecule has 1 aliphatic carbocycles. The van der Waals surface area contributed by atoms with Crippen LogP contribution in [0, 0.1) is 11.7 Å². The molecule has 13 heteroatoms. The van der Waals surface area contributed by atoms with Gasteiger partial charge < -0.3 is 30.7 Å². The Bertz CT molecular complexity index is 1100. The second-order valence-electron chi connectivity index (χ2n) is 10.9. The van der Waals surface area contributed by atoms with E-state index in [0.717, 1.165) is 43.9 Å². The van der Waals surface area contributed by atoms with E-state index in [4.69, 9.17) is 9.47 Å². The second-order valence-corrected chi connectivity index (χ2v) is 12.0. The van der Waals surface area contributed by atoms with Gasteiger partial charge in [-0.25, -0.2) is 4.39 Å². The highest BCUT2D eigenvalue weighted by molar-refractivity contribution is 8.13. The topological polar surface area (TPSA) is 152 Å². The van der Waals surface area contributed by atoms with Gasteiger partial charge in [0.05, 0.1) is 25.9 Å². The number of carbonyl (C=O) groups excluding carboxylic acids is 5. The Balaban J connectivity index is 1.81. The van der Waals surface area contributed by atoms with Crippen molar-refractivity contribution >= 4 is 40.5 Å². The van der Waals surface area contributed by atoms with Crippen LogP contribution in [-0.4, -0.2) is 85.6 Å². The molecule has 1 aliphatic heterocycles. The van der Waals surface area contributed by atoms with Crippen molar-refractivity contribution in [2.45, 2.75) is 76.4 Å². The summed E-state index contributed by atoms with van der Waals surface area (Å²) >= 11 is 0.821. The molecule has 4 amide bonds. The first-order chi connectivity index (χ1) is 20.7. The van der Waals surface area contributed by atoms with Crippen LogP contribution in [0.3, 0.4) is 0 Å². The molecule has 0 spiro atoms. The Labute approximate surface area is 256 Å².